The molecule has 0 aliphatic rings. The van der Waals surface area contributed by atoms with Crippen LogP contribution in [0.4, 0.5) is 5.13 Å². The van der Waals surface area contributed by atoms with E-state index in [9.17, 15) is 10.0 Å². The highest BCUT2D eigenvalue weighted by Gasteiger charge is 2.18. The largest absolute Gasteiger partial charge is 0.619 e. The van der Waals surface area contributed by atoms with Crippen molar-refractivity contribution < 1.29 is 9.52 Å². The van der Waals surface area contributed by atoms with Crippen molar-refractivity contribution in [2.45, 2.75) is 39.5 Å². The topological polar surface area (TPSA) is 68.9 Å². The minimum absolute atomic E-state index is 0.0737. The van der Waals surface area contributed by atoms with Gasteiger partial charge in [0.1, 0.15) is 0 Å². The number of hydrogen-bond acceptors (Lipinski definition) is 4. The van der Waals surface area contributed by atoms with E-state index in [0.717, 1.165) is 26.4 Å². The van der Waals surface area contributed by atoms with Crippen LogP contribution >= 0.6 is 11.3 Å². The van der Waals surface area contributed by atoms with E-state index in [-0.39, 0.29) is 11.3 Å². The van der Waals surface area contributed by atoms with Gasteiger partial charge in [-0.05, 0) is 11.0 Å². The van der Waals surface area contributed by atoms with Crippen molar-refractivity contribution in [2.75, 3.05) is 5.32 Å². The van der Waals surface area contributed by atoms with Gasteiger partial charge < -0.3 is 10.5 Å². The van der Waals surface area contributed by atoms with Gasteiger partial charge in [-0.25, -0.2) is 4.98 Å². The van der Waals surface area contributed by atoms with Gasteiger partial charge in [0.15, 0.2) is 17.5 Å². The van der Waals surface area contributed by atoms with Gasteiger partial charge in [-0.2, -0.15) is 4.73 Å². The summed E-state index contributed by atoms with van der Waals surface area (Å²) in [5.41, 5.74) is 3.99. The van der Waals surface area contributed by atoms with Gasteiger partial charge in [-0.15, -0.1) is 0 Å². The molecule has 0 bridgehead atoms. The number of amides is 1. The zero-order valence-electron chi connectivity index (χ0n) is 15.9. The first-order chi connectivity index (χ1) is 12.8. The fraction of sp³-hybridized carbons (Fsp3) is 0.286. The number of carbonyl (C=O) groups excluding carboxylic acids is 1. The Balaban J connectivity index is 2.06. The van der Waals surface area contributed by atoms with Crippen LogP contribution in [-0.2, 0) is 10.2 Å². The highest BCUT2D eigenvalue weighted by Crippen LogP contribution is 2.39. The summed E-state index contributed by atoms with van der Waals surface area (Å²) in [5, 5.41) is 14.8. The number of aromatic nitrogens is 2. The molecule has 2 heterocycles. The second-order valence-corrected chi connectivity index (χ2v) is 8.37. The Bertz CT molecular complexity index is 939. The van der Waals surface area contributed by atoms with Gasteiger partial charge in [0.25, 0.3) is 0 Å². The summed E-state index contributed by atoms with van der Waals surface area (Å²) in [5.74, 6) is -0.0737. The van der Waals surface area contributed by atoms with Crippen LogP contribution in [0.3, 0.4) is 0 Å². The van der Waals surface area contributed by atoms with Crippen LogP contribution in [0.2, 0.25) is 0 Å². The van der Waals surface area contributed by atoms with E-state index in [1.54, 1.807) is 19.1 Å². The fourth-order valence-corrected chi connectivity index (χ4v) is 3.67. The molecule has 27 heavy (non-hydrogen) atoms. The number of rotatable bonds is 4. The van der Waals surface area contributed by atoms with Gasteiger partial charge in [0.2, 0.25) is 5.91 Å². The molecule has 1 aromatic carbocycles. The van der Waals surface area contributed by atoms with Gasteiger partial charge in [0.05, 0.1) is 10.6 Å². The van der Waals surface area contributed by atoms with E-state index in [1.165, 1.54) is 29.3 Å². The average Bonchev–Trinajstić information content (AvgIpc) is 3.05. The van der Waals surface area contributed by atoms with Crippen molar-refractivity contribution in [3.05, 3.63) is 59.6 Å². The second-order valence-electron chi connectivity index (χ2n) is 7.37. The van der Waals surface area contributed by atoms with E-state index in [1.807, 2.05) is 0 Å². The summed E-state index contributed by atoms with van der Waals surface area (Å²) in [4.78, 5) is 17.4. The predicted molar refractivity (Wildman–Crippen MR) is 110 cm³/mol. The van der Waals surface area contributed by atoms with Crippen molar-refractivity contribution in [1.82, 2.24) is 4.98 Å². The number of benzene rings is 1. The number of pyridine rings is 1. The third-order valence-corrected chi connectivity index (χ3v) is 5.30. The Morgan fingerprint density at radius 3 is 2.30 bits per heavy atom. The van der Waals surface area contributed by atoms with Gasteiger partial charge >= 0.3 is 0 Å². The van der Waals surface area contributed by atoms with E-state index in [4.69, 9.17) is 0 Å². The van der Waals surface area contributed by atoms with Gasteiger partial charge in [-0.1, -0.05) is 63.3 Å². The fourth-order valence-electron chi connectivity index (χ4n) is 2.66. The maximum Gasteiger partial charge on any atom is 0.225 e. The van der Waals surface area contributed by atoms with Crippen LogP contribution in [-0.4, -0.2) is 10.9 Å². The minimum atomic E-state index is -0.0737. The first-order valence-electron chi connectivity index (χ1n) is 8.88. The molecule has 1 amide bonds. The molecular weight excluding hydrogens is 358 g/mol. The van der Waals surface area contributed by atoms with Crippen molar-refractivity contribution >= 4 is 22.4 Å². The molecule has 140 valence electrons. The summed E-state index contributed by atoms with van der Waals surface area (Å²) in [6, 6.07) is 11.9. The highest BCUT2D eigenvalue weighted by molar-refractivity contribution is 7.19. The number of nitrogens with zero attached hydrogens (tertiary/aromatic N) is 2. The van der Waals surface area contributed by atoms with Crippen LogP contribution < -0.4 is 10.0 Å². The number of carbonyl (C=O) groups is 1. The monoisotopic (exact) mass is 381 g/mol. The molecule has 3 rings (SSSR count). The average molecular weight is 382 g/mol. The summed E-state index contributed by atoms with van der Waals surface area (Å²) < 4.78 is 0.752. The maximum atomic E-state index is 11.8. The van der Waals surface area contributed by atoms with Gasteiger partial charge in [0, 0.05) is 29.7 Å². The molecule has 6 heteroatoms. The highest BCUT2D eigenvalue weighted by atomic mass is 32.1. The Hall–Kier alpha value is -2.73. The summed E-state index contributed by atoms with van der Waals surface area (Å²) in [6.45, 7) is 8.34. The third kappa shape index (κ3) is 4.34. The Labute approximate surface area is 163 Å². The smallest absolute Gasteiger partial charge is 0.225 e. The number of nitrogens with one attached hydrogen (secondary N) is 1. The zero-order chi connectivity index (χ0) is 19.6. The van der Waals surface area contributed by atoms with E-state index >= 15 is 0 Å². The number of thiazole rings is 1. The van der Waals surface area contributed by atoms with Crippen molar-refractivity contribution in [3.63, 3.8) is 0 Å². The Morgan fingerprint density at radius 2 is 1.74 bits per heavy atom. The predicted octanol–water partition coefficient (Wildman–Crippen LogP) is 4.76. The van der Waals surface area contributed by atoms with Crippen molar-refractivity contribution in [2.24, 2.45) is 0 Å². The molecular formula is C21H23N3O2S. The second kappa shape index (κ2) is 7.48. The standard InChI is InChI=1S/C21H23N3O2S/c1-5-17(25)22-20-23-18(14-6-8-16(9-7-14)21(2,3)4)19(27-20)15-10-12-24(26)13-11-15/h6-13H,5H2,1-4H3,(H,22,23,25). The molecule has 0 saturated heterocycles. The molecule has 0 aliphatic heterocycles. The molecule has 1 N–H and O–H groups in total. The molecule has 0 unspecified atom stereocenters. The molecule has 0 radical (unpaired) electrons. The van der Waals surface area contributed by atoms with Crippen molar-refractivity contribution in [3.8, 4) is 21.7 Å². The Morgan fingerprint density at radius 1 is 1.11 bits per heavy atom. The summed E-state index contributed by atoms with van der Waals surface area (Å²) in [7, 11) is 0. The number of anilines is 1. The van der Waals surface area contributed by atoms with E-state index < -0.39 is 0 Å². The van der Waals surface area contributed by atoms with Crippen LogP contribution in [0.15, 0.2) is 48.8 Å². The summed E-state index contributed by atoms with van der Waals surface area (Å²) >= 11 is 1.41. The lowest BCUT2D eigenvalue weighted by Gasteiger charge is -2.19. The summed E-state index contributed by atoms with van der Waals surface area (Å²) in [6.07, 6.45) is 3.32. The molecule has 0 fully saturated rings. The van der Waals surface area contributed by atoms with Crippen molar-refractivity contribution in [1.29, 1.82) is 0 Å². The quantitative estimate of drug-likeness (QED) is 0.523. The maximum absolute atomic E-state index is 11.8. The van der Waals surface area contributed by atoms with E-state index in [0.29, 0.717) is 11.6 Å². The molecule has 2 aromatic heterocycles. The lowest BCUT2D eigenvalue weighted by molar-refractivity contribution is -0.605. The molecule has 0 spiro atoms. The first kappa shape index (κ1) is 19.0. The lowest BCUT2D eigenvalue weighted by atomic mass is 9.86. The van der Waals surface area contributed by atoms with Gasteiger partial charge in [-0.3, -0.25) is 4.79 Å². The SMILES string of the molecule is CCC(=O)Nc1nc(-c2ccc(C(C)(C)C)cc2)c(-c2cc[n+]([O-])cc2)s1. The van der Waals surface area contributed by atoms with E-state index in [2.05, 4.69) is 55.3 Å². The van der Waals surface area contributed by atoms with Crippen LogP contribution in [0.1, 0.15) is 39.7 Å². The lowest BCUT2D eigenvalue weighted by Crippen LogP contribution is -2.23. The third-order valence-electron chi connectivity index (χ3n) is 4.28. The normalized spacial score (nSPS) is 11.4. The molecule has 0 saturated carbocycles. The minimum Gasteiger partial charge on any atom is -0.619 e. The molecule has 3 aromatic rings. The van der Waals surface area contributed by atoms with Crippen LogP contribution in [0.5, 0.6) is 0 Å². The zero-order valence-corrected chi connectivity index (χ0v) is 16.8. The van der Waals surface area contributed by atoms with Crippen LogP contribution in [0, 0.1) is 5.21 Å². The molecule has 0 atom stereocenters. The molecule has 5 nitrogen and oxygen atoms in total. The number of hydrogen-bond donors (Lipinski definition) is 1. The van der Waals surface area contributed by atoms with Crippen LogP contribution in [0.25, 0.3) is 21.7 Å². The first-order valence-corrected chi connectivity index (χ1v) is 9.70. The molecule has 0 aliphatic carbocycles. The Kier molecular flexibility index (Phi) is 5.28.